The number of ether oxygens (including phenoxy) is 2. The molecule has 0 N–H and O–H groups in total. The monoisotopic (exact) mass is 375 g/mol. The third kappa shape index (κ3) is 2.73. The van der Waals surface area contributed by atoms with Crippen LogP contribution < -0.4 is 0 Å². The van der Waals surface area contributed by atoms with E-state index in [1.54, 1.807) is 6.92 Å². The predicted octanol–water partition coefficient (Wildman–Crippen LogP) is 4.03. The molecular weight excluding hydrogens is 349 g/mol. The quantitative estimate of drug-likeness (QED) is 0.422. The molecule has 0 aromatic heterocycles. The number of nitrogens with zero attached hydrogens (tertiary/aromatic N) is 1. The number of esters is 2. The van der Waals surface area contributed by atoms with Gasteiger partial charge in [-0.05, 0) is 60.4 Å². The summed E-state index contributed by atoms with van der Waals surface area (Å²) in [6.45, 7) is 10.4. The number of hydrogen-bond donors (Lipinski definition) is 0. The Morgan fingerprint density at radius 3 is 2.46 bits per heavy atom. The Labute approximate surface area is 156 Å². The van der Waals surface area contributed by atoms with E-state index in [2.05, 4.69) is 13.8 Å². The van der Waals surface area contributed by atoms with Crippen molar-refractivity contribution in [2.24, 2.45) is 0 Å². The summed E-state index contributed by atoms with van der Waals surface area (Å²) in [5.74, 6) is -0.552. The molecule has 3 heterocycles. The van der Waals surface area contributed by atoms with Crippen molar-refractivity contribution in [3.05, 3.63) is 46.1 Å². The zero-order valence-corrected chi connectivity index (χ0v) is 17.0. The van der Waals surface area contributed by atoms with E-state index in [4.69, 9.17) is 9.47 Å². The third-order valence-electron chi connectivity index (χ3n) is 5.16. The molecule has 0 aliphatic carbocycles. The minimum atomic E-state index is -1.10. The van der Waals surface area contributed by atoms with Crippen LogP contribution in [0.4, 0.5) is 0 Å². The van der Waals surface area contributed by atoms with E-state index in [0.717, 1.165) is 17.4 Å². The summed E-state index contributed by atoms with van der Waals surface area (Å²) in [5.41, 5.74) is 4.28. The Morgan fingerprint density at radius 2 is 1.81 bits per heavy atom. The van der Waals surface area contributed by atoms with Crippen LogP contribution in [0.5, 0.6) is 0 Å². The van der Waals surface area contributed by atoms with Crippen LogP contribution in [-0.2, 0) is 19.1 Å². The second kappa shape index (κ2) is 7.03. The molecule has 3 aliphatic rings. The highest BCUT2D eigenvalue weighted by molar-refractivity contribution is 7.66. The average molecular weight is 375 g/mol. The van der Waals surface area contributed by atoms with E-state index in [1.807, 2.05) is 37.1 Å². The predicted molar refractivity (Wildman–Crippen MR) is 103 cm³/mol. The van der Waals surface area contributed by atoms with Crippen molar-refractivity contribution in [1.82, 2.24) is 4.90 Å². The molecule has 1 unspecified atom stereocenters. The number of rotatable bonds is 4. The number of fused-ring (bicyclic) bond motifs is 3. The zero-order valence-electron chi connectivity index (χ0n) is 16.1. The minimum Gasteiger partial charge on any atom is -0.464 e. The van der Waals surface area contributed by atoms with Gasteiger partial charge < -0.3 is 14.4 Å². The first-order valence-electron chi connectivity index (χ1n) is 9.04. The van der Waals surface area contributed by atoms with Gasteiger partial charge in [0.1, 0.15) is 0 Å². The summed E-state index contributed by atoms with van der Waals surface area (Å²) < 4.78 is 10.9. The molecule has 2 atom stereocenters. The number of carbonyl (C=O) groups excluding carboxylic acids is 2. The first-order valence-corrected chi connectivity index (χ1v) is 10.6. The molecule has 3 aliphatic heterocycles. The number of allylic oxidation sites excluding steroid dienone is 4. The average Bonchev–Trinajstić information content (AvgIpc) is 2.86. The smallest absolute Gasteiger partial charge is 0.340 e. The summed E-state index contributed by atoms with van der Waals surface area (Å²) in [4.78, 5) is 28.1. The van der Waals surface area contributed by atoms with Gasteiger partial charge in [-0.25, -0.2) is 9.59 Å². The molecule has 26 heavy (non-hydrogen) atoms. The lowest BCUT2D eigenvalue weighted by Gasteiger charge is -2.44. The van der Waals surface area contributed by atoms with Crippen LogP contribution in [0.15, 0.2) is 46.1 Å². The van der Waals surface area contributed by atoms with E-state index in [1.165, 1.54) is 11.1 Å². The van der Waals surface area contributed by atoms with Gasteiger partial charge in [-0.2, -0.15) is 0 Å². The summed E-state index contributed by atoms with van der Waals surface area (Å²) in [7, 11) is -1.10. The first kappa shape index (κ1) is 18.9. The van der Waals surface area contributed by atoms with Crippen LogP contribution in [-0.4, -0.2) is 41.5 Å². The Hall–Kier alpha value is -1.87. The lowest BCUT2D eigenvalue weighted by molar-refractivity contribution is -0.150. The van der Waals surface area contributed by atoms with Gasteiger partial charge in [0.2, 0.25) is 0 Å². The van der Waals surface area contributed by atoms with Gasteiger partial charge in [0.15, 0.2) is 5.28 Å². The van der Waals surface area contributed by atoms with E-state index in [9.17, 15) is 9.59 Å². The molecular formula is C20H26NO4P. The van der Waals surface area contributed by atoms with Crippen molar-refractivity contribution < 1.29 is 19.1 Å². The number of carbonyl (C=O) groups is 2. The molecule has 0 spiro atoms. The largest absolute Gasteiger partial charge is 0.464 e. The van der Waals surface area contributed by atoms with Crippen LogP contribution in [0.1, 0.15) is 41.0 Å². The summed E-state index contributed by atoms with van der Waals surface area (Å²) in [5, 5.41) is -0.194. The third-order valence-corrected chi connectivity index (χ3v) is 8.35. The van der Waals surface area contributed by atoms with Crippen molar-refractivity contribution >= 4 is 19.9 Å². The highest BCUT2D eigenvalue weighted by Gasteiger charge is 2.61. The van der Waals surface area contributed by atoms with Crippen LogP contribution in [0.2, 0.25) is 0 Å². The zero-order chi connectivity index (χ0) is 19.1. The Balaban J connectivity index is 2.21. The van der Waals surface area contributed by atoms with Crippen LogP contribution in [0, 0.1) is 0 Å². The number of hydrogen-bond acceptors (Lipinski definition) is 5. The van der Waals surface area contributed by atoms with E-state index >= 15 is 0 Å². The highest BCUT2D eigenvalue weighted by atomic mass is 31.1. The summed E-state index contributed by atoms with van der Waals surface area (Å²) in [6.07, 6.45) is 7.18. The molecule has 0 aromatic carbocycles. The molecule has 6 heteroatoms. The maximum absolute atomic E-state index is 13.2. The molecule has 0 radical (unpaired) electrons. The SMILES string of the molecule is CCOC(=O)C1=C2C=CC(C)=CN2[C@]2(C(=O)OCC)CC(C)=C(C)CP12. The summed E-state index contributed by atoms with van der Waals surface area (Å²) >= 11 is 0. The topological polar surface area (TPSA) is 55.8 Å². The summed E-state index contributed by atoms with van der Waals surface area (Å²) in [6, 6.07) is 0. The van der Waals surface area contributed by atoms with Crippen LogP contribution in [0.25, 0.3) is 0 Å². The fraction of sp³-hybridized carbons (Fsp3) is 0.500. The minimum absolute atomic E-state index is 0.242. The van der Waals surface area contributed by atoms with E-state index in [-0.39, 0.29) is 11.9 Å². The van der Waals surface area contributed by atoms with Crippen LogP contribution >= 0.6 is 7.92 Å². The Morgan fingerprint density at radius 1 is 1.12 bits per heavy atom. The van der Waals surface area contributed by atoms with Crippen molar-refractivity contribution in [2.75, 3.05) is 19.4 Å². The highest BCUT2D eigenvalue weighted by Crippen LogP contribution is 2.70. The van der Waals surface area contributed by atoms with Crippen LogP contribution in [0.3, 0.4) is 0 Å². The van der Waals surface area contributed by atoms with Gasteiger partial charge in [-0.3, -0.25) is 0 Å². The van der Waals surface area contributed by atoms with Gasteiger partial charge in [0.05, 0.1) is 24.2 Å². The lowest BCUT2D eigenvalue weighted by atomic mass is 9.99. The fourth-order valence-electron chi connectivity index (χ4n) is 3.78. The molecule has 0 fully saturated rings. The Kier molecular flexibility index (Phi) is 5.12. The molecule has 0 saturated heterocycles. The fourth-order valence-corrected chi connectivity index (χ4v) is 7.20. The molecule has 5 nitrogen and oxygen atoms in total. The molecule has 0 aromatic rings. The second-order valence-electron chi connectivity index (χ2n) is 6.89. The van der Waals surface area contributed by atoms with E-state index in [0.29, 0.717) is 24.9 Å². The van der Waals surface area contributed by atoms with Crippen molar-refractivity contribution in [3.8, 4) is 0 Å². The van der Waals surface area contributed by atoms with Crippen molar-refractivity contribution in [2.45, 2.75) is 46.3 Å². The van der Waals surface area contributed by atoms with Gasteiger partial charge in [-0.15, -0.1) is 0 Å². The molecule has 3 rings (SSSR count). The molecule has 0 bridgehead atoms. The van der Waals surface area contributed by atoms with Gasteiger partial charge in [0, 0.05) is 12.6 Å². The maximum Gasteiger partial charge on any atom is 0.340 e. The van der Waals surface area contributed by atoms with Gasteiger partial charge in [0.25, 0.3) is 0 Å². The Bertz CT molecular complexity index is 777. The molecule has 0 saturated carbocycles. The lowest BCUT2D eigenvalue weighted by Crippen LogP contribution is -2.50. The normalized spacial score (nSPS) is 27.2. The van der Waals surface area contributed by atoms with Gasteiger partial charge >= 0.3 is 11.9 Å². The maximum atomic E-state index is 13.2. The van der Waals surface area contributed by atoms with E-state index < -0.39 is 13.2 Å². The standard InChI is InChI=1S/C20H26NO4P/c1-6-24-18(22)17-16-9-8-13(3)11-21(16)20(19(23)25-7-2)10-14(4)15(5)12-26(17)20/h8-9,11H,6-7,10,12H2,1-5H3/t20-,26?/m1/s1. The molecule has 0 amide bonds. The second-order valence-corrected chi connectivity index (χ2v) is 9.25. The first-order chi connectivity index (χ1) is 12.4. The van der Waals surface area contributed by atoms with Crippen molar-refractivity contribution in [1.29, 1.82) is 0 Å². The van der Waals surface area contributed by atoms with Gasteiger partial charge in [-0.1, -0.05) is 17.2 Å². The molecule has 140 valence electrons. The van der Waals surface area contributed by atoms with Crippen molar-refractivity contribution in [3.63, 3.8) is 0 Å².